The molecule has 1 fully saturated rings. The van der Waals surface area contributed by atoms with Gasteiger partial charge >= 0.3 is 6.18 Å². The van der Waals surface area contributed by atoms with Crippen LogP contribution < -0.4 is 4.90 Å². The molecule has 0 radical (unpaired) electrons. The van der Waals surface area contributed by atoms with Gasteiger partial charge < -0.3 is 4.90 Å². The van der Waals surface area contributed by atoms with E-state index in [0.29, 0.717) is 13.0 Å². The van der Waals surface area contributed by atoms with Crippen LogP contribution in [0.4, 0.5) is 18.9 Å². The second-order valence-corrected chi connectivity index (χ2v) is 7.66. The number of nitrogens with zero attached hydrogens (tertiary/aromatic N) is 2. The van der Waals surface area contributed by atoms with Gasteiger partial charge in [0.15, 0.2) is 0 Å². The summed E-state index contributed by atoms with van der Waals surface area (Å²) in [7, 11) is 0. The summed E-state index contributed by atoms with van der Waals surface area (Å²) in [5, 5.41) is 0. The van der Waals surface area contributed by atoms with Crippen molar-refractivity contribution >= 4 is 11.6 Å². The van der Waals surface area contributed by atoms with Crippen LogP contribution in [-0.4, -0.2) is 29.9 Å². The minimum atomic E-state index is -4.30. The molecule has 0 spiro atoms. The predicted octanol–water partition coefficient (Wildman–Crippen LogP) is 5.42. The molecule has 0 N–H and O–H groups in total. The van der Waals surface area contributed by atoms with Crippen molar-refractivity contribution in [1.29, 1.82) is 0 Å². The van der Waals surface area contributed by atoms with Crippen LogP contribution in [0.3, 0.4) is 0 Å². The standard InChI is InChI=1S/C23H27F3N2O/c1-3-22(29)28(21-6-4-5-17(2)15-21)20-11-13-27(14-12-20)16-18-7-9-19(10-8-18)23(24,25)26/h4-10,15,20H,3,11-14,16H2,1-2H3. The number of rotatable bonds is 5. The molecule has 3 nitrogen and oxygen atoms in total. The maximum absolute atomic E-state index is 12.7. The number of carbonyl (C=O) groups excluding carboxylic acids is 1. The van der Waals surface area contributed by atoms with Crippen molar-refractivity contribution in [2.24, 2.45) is 0 Å². The lowest BCUT2D eigenvalue weighted by atomic mass is 10.0. The summed E-state index contributed by atoms with van der Waals surface area (Å²) < 4.78 is 38.1. The van der Waals surface area contributed by atoms with E-state index < -0.39 is 11.7 Å². The number of hydrogen-bond donors (Lipinski definition) is 0. The zero-order valence-electron chi connectivity index (χ0n) is 16.9. The fourth-order valence-corrected chi connectivity index (χ4v) is 3.90. The molecule has 1 amide bonds. The first-order valence-electron chi connectivity index (χ1n) is 10.0. The Morgan fingerprint density at radius 1 is 1.10 bits per heavy atom. The van der Waals surface area contributed by atoms with Crippen LogP contribution in [0.25, 0.3) is 0 Å². The first-order valence-corrected chi connectivity index (χ1v) is 10.0. The van der Waals surface area contributed by atoms with E-state index in [1.807, 2.05) is 43.0 Å². The molecule has 0 atom stereocenters. The van der Waals surface area contributed by atoms with Gasteiger partial charge in [0.05, 0.1) is 5.56 Å². The van der Waals surface area contributed by atoms with Crippen LogP contribution in [0.5, 0.6) is 0 Å². The number of carbonyl (C=O) groups is 1. The van der Waals surface area contributed by atoms with Crippen LogP contribution in [-0.2, 0) is 17.5 Å². The van der Waals surface area contributed by atoms with Crippen molar-refractivity contribution in [2.75, 3.05) is 18.0 Å². The summed E-state index contributed by atoms with van der Waals surface area (Å²) in [6.45, 7) is 6.14. The number of amides is 1. The third-order valence-electron chi connectivity index (χ3n) is 5.46. The predicted molar refractivity (Wildman–Crippen MR) is 109 cm³/mol. The highest BCUT2D eigenvalue weighted by Crippen LogP contribution is 2.30. The normalized spacial score (nSPS) is 16.0. The number of likely N-dealkylation sites (tertiary alicyclic amines) is 1. The molecule has 0 unspecified atom stereocenters. The summed E-state index contributed by atoms with van der Waals surface area (Å²) in [6, 6.07) is 13.5. The number of anilines is 1. The number of benzene rings is 2. The molecule has 0 aromatic heterocycles. The largest absolute Gasteiger partial charge is 0.416 e. The number of alkyl halides is 3. The maximum Gasteiger partial charge on any atom is 0.416 e. The zero-order chi connectivity index (χ0) is 21.0. The van der Waals surface area contributed by atoms with E-state index in [4.69, 9.17) is 0 Å². The van der Waals surface area contributed by atoms with Crippen LogP contribution in [0.1, 0.15) is 42.9 Å². The van der Waals surface area contributed by atoms with Gasteiger partial charge in [-0.15, -0.1) is 0 Å². The minimum Gasteiger partial charge on any atom is -0.309 e. The summed E-state index contributed by atoms with van der Waals surface area (Å²) in [6.07, 6.45) is -2.15. The number of aryl methyl sites for hydroxylation is 1. The van der Waals surface area contributed by atoms with Gasteiger partial charge in [0, 0.05) is 37.8 Å². The lowest BCUT2D eigenvalue weighted by Crippen LogP contribution is -2.47. The number of halogens is 3. The average molecular weight is 404 g/mol. The third-order valence-corrected chi connectivity index (χ3v) is 5.46. The van der Waals surface area contributed by atoms with Crippen LogP contribution in [0, 0.1) is 6.92 Å². The number of hydrogen-bond acceptors (Lipinski definition) is 2. The highest BCUT2D eigenvalue weighted by Gasteiger charge is 2.31. The smallest absolute Gasteiger partial charge is 0.309 e. The van der Waals surface area contributed by atoms with Gasteiger partial charge in [-0.1, -0.05) is 31.2 Å². The fraction of sp³-hybridized carbons (Fsp3) is 0.435. The Bertz CT molecular complexity index is 825. The van der Waals surface area contributed by atoms with Crippen molar-refractivity contribution in [2.45, 2.75) is 51.9 Å². The van der Waals surface area contributed by atoms with Gasteiger partial charge in [0.25, 0.3) is 0 Å². The summed E-state index contributed by atoms with van der Waals surface area (Å²) >= 11 is 0. The first kappa shape index (κ1) is 21.4. The topological polar surface area (TPSA) is 23.6 Å². The highest BCUT2D eigenvalue weighted by atomic mass is 19.4. The van der Waals surface area contributed by atoms with E-state index in [1.165, 1.54) is 0 Å². The van der Waals surface area contributed by atoms with E-state index in [2.05, 4.69) is 4.90 Å². The molecule has 0 bridgehead atoms. The van der Waals surface area contributed by atoms with Gasteiger partial charge in [-0.25, -0.2) is 0 Å². The molecular formula is C23H27F3N2O. The van der Waals surface area contributed by atoms with Crippen LogP contribution in [0.2, 0.25) is 0 Å². The van der Waals surface area contributed by atoms with Crippen molar-refractivity contribution in [3.05, 3.63) is 65.2 Å². The molecule has 2 aromatic rings. The molecule has 0 saturated carbocycles. The molecule has 1 aliphatic rings. The zero-order valence-corrected chi connectivity index (χ0v) is 16.9. The second-order valence-electron chi connectivity index (χ2n) is 7.66. The van der Waals surface area contributed by atoms with Crippen molar-refractivity contribution in [1.82, 2.24) is 4.90 Å². The van der Waals surface area contributed by atoms with E-state index in [0.717, 1.165) is 54.9 Å². The van der Waals surface area contributed by atoms with Crippen molar-refractivity contribution in [3.8, 4) is 0 Å². The average Bonchev–Trinajstić information content (AvgIpc) is 2.69. The van der Waals surface area contributed by atoms with Crippen molar-refractivity contribution < 1.29 is 18.0 Å². The quantitative estimate of drug-likeness (QED) is 0.664. The summed E-state index contributed by atoms with van der Waals surface area (Å²) in [4.78, 5) is 16.8. The van der Waals surface area contributed by atoms with E-state index in [-0.39, 0.29) is 11.9 Å². The van der Waals surface area contributed by atoms with Gasteiger partial charge in [0.1, 0.15) is 0 Å². The Morgan fingerprint density at radius 2 is 1.76 bits per heavy atom. The lowest BCUT2D eigenvalue weighted by molar-refractivity contribution is -0.137. The lowest BCUT2D eigenvalue weighted by Gasteiger charge is -2.38. The minimum absolute atomic E-state index is 0.122. The first-order chi connectivity index (χ1) is 13.8. The molecule has 1 saturated heterocycles. The van der Waals surface area contributed by atoms with Crippen molar-refractivity contribution in [3.63, 3.8) is 0 Å². The van der Waals surface area contributed by atoms with Gasteiger partial charge in [-0.05, 0) is 55.2 Å². The second kappa shape index (κ2) is 8.99. The Labute approximate surface area is 170 Å². The molecule has 156 valence electrons. The van der Waals surface area contributed by atoms with Crippen LogP contribution >= 0.6 is 0 Å². The molecule has 6 heteroatoms. The highest BCUT2D eigenvalue weighted by molar-refractivity contribution is 5.93. The summed E-state index contributed by atoms with van der Waals surface area (Å²) in [5.74, 6) is 0.122. The van der Waals surface area contributed by atoms with E-state index in [9.17, 15) is 18.0 Å². The maximum atomic E-state index is 12.7. The molecule has 29 heavy (non-hydrogen) atoms. The van der Waals surface area contributed by atoms with Gasteiger partial charge in [-0.2, -0.15) is 13.2 Å². The fourth-order valence-electron chi connectivity index (χ4n) is 3.90. The van der Waals surface area contributed by atoms with E-state index >= 15 is 0 Å². The SMILES string of the molecule is CCC(=O)N(c1cccc(C)c1)C1CCN(Cc2ccc(C(F)(F)F)cc2)CC1. The van der Waals surface area contributed by atoms with Gasteiger partial charge in [0.2, 0.25) is 5.91 Å². The third kappa shape index (κ3) is 5.38. The monoisotopic (exact) mass is 404 g/mol. The summed E-state index contributed by atoms with van der Waals surface area (Å²) in [5.41, 5.74) is 2.32. The Balaban J connectivity index is 1.63. The Kier molecular flexibility index (Phi) is 6.63. The Morgan fingerprint density at radius 3 is 2.31 bits per heavy atom. The molecule has 0 aliphatic carbocycles. The molecule has 3 rings (SSSR count). The molecule has 1 heterocycles. The molecule has 2 aromatic carbocycles. The molecular weight excluding hydrogens is 377 g/mol. The van der Waals surface area contributed by atoms with Crippen LogP contribution in [0.15, 0.2) is 48.5 Å². The Hall–Kier alpha value is -2.34. The van der Waals surface area contributed by atoms with E-state index in [1.54, 1.807) is 12.1 Å². The van der Waals surface area contributed by atoms with Gasteiger partial charge in [-0.3, -0.25) is 9.69 Å². The number of piperidine rings is 1. The molecule has 1 aliphatic heterocycles.